The van der Waals surface area contributed by atoms with Gasteiger partial charge in [-0.25, -0.2) is 0 Å². The lowest BCUT2D eigenvalue weighted by molar-refractivity contribution is 0.355. The molecule has 4 rings (SSSR count). The molecular weight excluding hydrogens is 330 g/mol. The van der Waals surface area contributed by atoms with Crippen LogP contribution in [0, 0.1) is 5.92 Å². The number of benzene rings is 1. The number of piperidine rings is 1. The fraction of sp³-hybridized carbons (Fsp3) is 0.700. The highest BCUT2D eigenvalue weighted by molar-refractivity contribution is 7.92. The third-order valence-corrected chi connectivity index (χ3v) is 7.56. The molecule has 1 saturated heterocycles. The maximum Gasteiger partial charge on any atom is 0.131 e. The number of hydrogen-bond donors (Lipinski definition) is 2. The van der Waals surface area contributed by atoms with Crippen molar-refractivity contribution in [3.8, 4) is 0 Å². The number of rotatable bonds is 7. The molecule has 1 saturated carbocycles. The summed E-state index contributed by atoms with van der Waals surface area (Å²) in [6.45, 7) is 6.55. The summed E-state index contributed by atoms with van der Waals surface area (Å²) in [5.41, 5.74) is 4.08. The molecular formula is C20H31N3OS. The monoisotopic (exact) mass is 361 g/mol. The second kappa shape index (κ2) is 7.87. The van der Waals surface area contributed by atoms with Gasteiger partial charge in [0, 0.05) is 12.0 Å². The van der Waals surface area contributed by atoms with Gasteiger partial charge < -0.3 is 15.2 Å². The van der Waals surface area contributed by atoms with Crippen LogP contribution in [-0.2, 0) is 17.8 Å². The van der Waals surface area contributed by atoms with Gasteiger partial charge in [-0.05, 0) is 74.8 Å². The van der Waals surface area contributed by atoms with Gasteiger partial charge >= 0.3 is 0 Å². The minimum absolute atomic E-state index is 0.666. The van der Waals surface area contributed by atoms with Gasteiger partial charge in [-0.3, -0.25) is 0 Å². The zero-order valence-corrected chi connectivity index (χ0v) is 16.1. The van der Waals surface area contributed by atoms with Gasteiger partial charge in [0.1, 0.15) is 5.75 Å². The maximum atomic E-state index is 12.3. The fourth-order valence-corrected chi connectivity index (χ4v) is 5.57. The number of anilines is 1. The second-order valence-corrected chi connectivity index (χ2v) is 9.31. The van der Waals surface area contributed by atoms with E-state index in [-0.39, 0.29) is 0 Å². The first-order valence-electron chi connectivity index (χ1n) is 9.99. The van der Waals surface area contributed by atoms with E-state index in [2.05, 4.69) is 40.1 Å². The van der Waals surface area contributed by atoms with E-state index in [1.807, 2.05) is 0 Å². The molecule has 2 N–H and O–H groups in total. The maximum absolute atomic E-state index is 12.3. The van der Waals surface area contributed by atoms with Crippen LogP contribution in [0.15, 0.2) is 18.2 Å². The SMILES string of the molecule is CCC[S+]([O-])N1CCc2cc(C3CC3NCC3CCNCC3)ccc21. The molecule has 2 aliphatic heterocycles. The van der Waals surface area contributed by atoms with Crippen molar-refractivity contribution in [3.05, 3.63) is 29.3 Å². The molecule has 5 heteroatoms. The first-order chi connectivity index (χ1) is 12.3. The smallest absolute Gasteiger partial charge is 0.131 e. The number of nitrogens with zero attached hydrogens (tertiary/aromatic N) is 1. The Morgan fingerprint density at radius 2 is 2.16 bits per heavy atom. The lowest BCUT2D eigenvalue weighted by Crippen LogP contribution is -2.34. The summed E-state index contributed by atoms with van der Waals surface area (Å²) in [7, 11) is 0. The van der Waals surface area contributed by atoms with Crippen molar-refractivity contribution in [1.82, 2.24) is 10.6 Å². The third-order valence-electron chi connectivity index (χ3n) is 5.93. The van der Waals surface area contributed by atoms with Crippen LogP contribution in [0.5, 0.6) is 0 Å². The van der Waals surface area contributed by atoms with Crippen LogP contribution in [0.1, 0.15) is 49.7 Å². The van der Waals surface area contributed by atoms with E-state index in [0.29, 0.717) is 12.0 Å². The van der Waals surface area contributed by atoms with Crippen molar-refractivity contribution >= 4 is 17.0 Å². The first kappa shape index (κ1) is 17.7. The first-order valence-corrected chi connectivity index (χ1v) is 11.3. The Morgan fingerprint density at radius 3 is 2.96 bits per heavy atom. The van der Waals surface area contributed by atoms with Gasteiger partial charge in [0.15, 0.2) is 0 Å². The summed E-state index contributed by atoms with van der Waals surface area (Å²) in [5, 5.41) is 7.24. The summed E-state index contributed by atoms with van der Waals surface area (Å²) in [4.78, 5) is 0. The van der Waals surface area contributed by atoms with Gasteiger partial charge in [0.2, 0.25) is 0 Å². The zero-order chi connectivity index (χ0) is 17.2. The Kier molecular flexibility index (Phi) is 5.56. The van der Waals surface area contributed by atoms with Crippen LogP contribution in [0.3, 0.4) is 0 Å². The van der Waals surface area contributed by atoms with Crippen LogP contribution in [0.4, 0.5) is 5.69 Å². The lowest BCUT2D eigenvalue weighted by Gasteiger charge is -2.23. The van der Waals surface area contributed by atoms with Crippen molar-refractivity contribution in [3.63, 3.8) is 0 Å². The van der Waals surface area contributed by atoms with Gasteiger partial charge in [-0.2, -0.15) is 4.31 Å². The van der Waals surface area contributed by atoms with Crippen LogP contribution in [-0.4, -0.2) is 42.5 Å². The quantitative estimate of drug-likeness (QED) is 0.733. The summed E-state index contributed by atoms with van der Waals surface area (Å²) in [5.74, 6) is 2.30. The van der Waals surface area contributed by atoms with E-state index in [1.165, 1.54) is 55.7 Å². The molecule has 25 heavy (non-hydrogen) atoms. The van der Waals surface area contributed by atoms with Crippen LogP contribution >= 0.6 is 0 Å². The average molecular weight is 362 g/mol. The zero-order valence-electron chi connectivity index (χ0n) is 15.3. The Bertz CT molecular complexity index is 590. The van der Waals surface area contributed by atoms with E-state index in [4.69, 9.17) is 0 Å². The number of fused-ring (bicyclic) bond motifs is 1. The highest BCUT2D eigenvalue weighted by atomic mass is 32.2. The van der Waals surface area contributed by atoms with Crippen LogP contribution in [0.2, 0.25) is 0 Å². The Hall–Kier alpha value is -0.750. The summed E-state index contributed by atoms with van der Waals surface area (Å²) < 4.78 is 14.4. The Morgan fingerprint density at radius 1 is 1.32 bits per heavy atom. The van der Waals surface area contributed by atoms with E-state index in [9.17, 15) is 4.55 Å². The van der Waals surface area contributed by atoms with Gasteiger partial charge in [0.25, 0.3) is 0 Å². The summed E-state index contributed by atoms with van der Waals surface area (Å²) in [6, 6.07) is 7.54. The largest absolute Gasteiger partial charge is 0.593 e. The molecule has 1 aromatic carbocycles. The molecule has 3 atom stereocenters. The second-order valence-electron chi connectivity index (χ2n) is 7.82. The highest BCUT2D eigenvalue weighted by Gasteiger charge is 2.39. The van der Waals surface area contributed by atoms with E-state index >= 15 is 0 Å². The van der Waals surface area contributed by atoms with Gasteiger partial charge in [0.05, 0.1) is 23.6 Å². The van der Waals surface area contributed by atoms with Crippen molar-refractivity contribution < 1.29 is 4.55 Å². The molecule has 0 amide bonds. The molecule has 0 aromatic heterocycles. The van der Waals surface area contributed by atoms with Crippen molar-refractivity contribution in [2.24, 2.45) is 5.92 Å². The van der Waals surface area contributed by atoms with E-state index < -0.39 is 11.4 Å². The molecule has 4 nitrogen and oxygen atoms in total. The topological polar surface area (TPSA) is 50.4 Å². The number of nitrogens with one attached hydrogen (secondary N) is 2. The minimum atomic E-state index is -0.856. The normalized spacial score (nSPS) is 27.4. The molecule has 3 unspecified atom stereocenters. The molecule has 1 aromatic rings. The molecule has 0 spiro atoms. The molecule has 3 aliphatic rings. The average Bonchev–Trinajstić information content (AvgIpc) is 3.30. The number of hydrogen-bond acceptors (Lipinski definition) is 4. The molecule has 2 fully saturated rings. The van der Waals surface area contributed by atoms with E-state index in [1.54, 1.807) is 0 Å². The van der Waals surface area contributed by atoms with Crippen LogP contribution < -0.4 is 14.9 Å². The molecule has 1 aliphatic carbocycles. The molecule has 0 bridgehead atoms. The van der Waals surface area contributed by atoms with Crippen molar-refractivity contribution in [2.45, 2.75) is 51.0 Å². The fourth-order valence-electron chi connectivity index (χ4n) is 4.31. The van der Waals surface area contributed by atoms with Crippen LogP contribution in [0.25, 0.3) is 0 Å². The van der Waals surface area contributed by atoms with E-state index in [0.717, 1.165) is 31.1 Å². The Labute approximate surface area is 155 Å². The lowest BCUT2D eigenvalue weighted by atomic mass is 9.98. The summed E-state index contributed by atoms with van der Waals surface area (Å²) in [6.07, 6.45) is 5.92. The molecule has 0 radical (unpaired) electrons. The predicted molar refractivity (Wildman–Crippen MR) is 106 cm³/mol. The Balaban J connectivity index is 1.32. The highest BCUT2D eigenvalue weighted by Crippen LogP contribution is 2.43. The molecule has 138 valence electrons. The van der Waals surface area contributed by atoms with Crippen molar-refractivity contribution in [1.29, 1.82) is 0 Å². The molecule has 2 heterocycles. The summed E-state index contributed by atoms with van der Waals surface area (Å²) >= 11 is -0.856. The van der Waals surface area contributed by atoms with Gasteiger partial charge in [-0.1, -0.05) is 19.1 Å². The standard InChI is InChI=1S/C20H31N3OS/c1-2-11-25(24)23-10-7-17-12-16(3-4-20(17)23)18-13-19(18)22-14-15-5-8-21-9-6-15/h3-4,12,15,18-19,21-22H,2,5-11,13-14H2,1H3. The predicted octanol–water partition coefficient (Wildman–Crippen LogP) is 2.57. The third kappa shape index (κ3) is 4.00. The van der Waals surface area contributed by atoms with Crippen molar-refractivity contribution in [2.75, 3.05) is 36.2 Å². The minimum Gasteiger partial charge on any atom is -0.593 e. The van der Waals surface area contributed by atoms with Gasteiger partial charge in [-0.15, -0.1) is 0 Å².